The van der Waals surface area contributed by atoms with E-state index >= 15 is 0 Å². The molecule has 2 saturated heterocycles. The van der Waals surface area contributed by atoms with Crippen molar-refractivity contribution in [1.29, 1.82) is 0 Å². The van der Waals surface area contributed by atoms with Crippen LogP contribution in [-0.2, 0) is 16.0 Å². The van der Waals surface area contributed by atoms with Gasteiger partial charge in [0.15, 0.2) is 5.82 Å². The average Bonchev–Trinajstić information content (AvgIpc) is 3.24. The summed E-state index contributed by atoms with van der Waals surface area (Å²) in [6, 6.07) is 0. The first-order chi connectivity index (χ1) is 10.8. The number of aromatic nitrogens is 2. The number of unbranched alkanes of at least 4 members (excludes halogenated alkanes) is 1. The van der Waals surface area contributed by atoms with Crippen molar-refractivity contribution in [2.24, 2.45) is 0 Å². The van der Waals surface area contributed by atoms with Crippen molar-refractivity contribution in [2.45, 2.75) is 63.9 Å². The lowest BCUT2D eigenvalue weighted by Crippen LogP contribution is -2.44. The van der Waals surface area contributed by atoms with Crippen molar-refractivity contribution in [2.75, 3.05) is 19.7 Å². The second-order valence-electron chi connectivity index (χ2n) is 6.28. The van der Waals surface area contributed by atoms with Crippen molar-refractivity contribution >= 4 is 5.91 Å². The zero-order valence-electron chi connectivity index (χ0n) is 13.3. The number of carbonyl (C=O) groups is 1. The van der Waals surface area contributed by atoms with Crippen molar-refractivity contribution in [1.82, 2.24) is 15.0 Å². The maximum absolute atomic E-state index is 12.5. The Morgan fingerprint density at radius 1 is 1.36 bits per heavy atom. The summed E-state index contributed by atoms with van der Waals surface area (Å²) in [7, 11) is 0. The number of likely N-dealkylation sites (tertiary alicyclic amines) is 1. The molecule has 22 heavy (non-hydrogen) atoms. The summed E-state index contributed by atoms with van der Waals surface area (Å²) < 4.78 is 10.9. The van der Waals surface area contributed by atoms with E-state index in [1.165, 1.54) is 0 Å². The molecule has 0 aliphatic carbocycles. The van der Waals surface area contributed by atoms with Crippen molar-refractivity contribution in [3.05, 3.63) is 11.7 Å². The molecule has 0 unspecified atom stereocenters. The van der Waals surface area contributed by atoms with Gasteiger partial charge >= 0.3 is 0 Å². The Balaban J connectivity index is 1.60. The second kappa shape index (κ2) is 7.22. The van der Waals surface area contributed by atoms with E-state index in [0.29, 0.717) is 19.0 Å². The molecule has 2 fully saturated rings. The van der Waals surface area contributed by atoms with Crippen LogP contribution in [0, 0.1) is 0 Å². The molecule has 6 nitrogen and oxygen atoms in total. The van der Waals surface area contributed by atoms with Gasteiger partial charge < -0.3 is 14.2 Å². The van der Waals surface area contributed by atoms with Gasteiger partial charge in [-0.25, -0.2) is 0 Å². The van der Waals surface area contributed by atoms with Crippen LogP contribution < -0.4 is 0 Å². The number of amides is 1. The van der Waals surface area contributed by atoms with Gasteiger partial charge in [-0.1, -0.05) is 18.5 Å². The van der Waals surface area contributed by atoms with Gasteiger partial charge in [0.25, 0.3) is 5.91 Å². The van der Waals surface area contributed by atoms with Crippen LogP contribution in [0.15, 0.2) is 4.52 Å². The third-order valence-electron chi connectivity index (χ3n) is 4.53. The zero-order valence-corrected chi connectivity index (χ0v) is 13.3. The average molecular weight is 307 g/mol. The van der Waals surface area contributed by atoms with Crippen LogP contribution in [0.25, 0.3) is 0 Å². The Morgan fingerprint density at radius 3 is 3.05 bits per heavy atom. The maximum Gasteiger partial charge on any atom is 0.251 e. The first-order valence-electron chi connectivity index (χ1n) is 8.50. The zero-order chi connectivity index (χ0) is 15.4. The number of rotatable bonds is 5. The molecule has 0 spiro atoms. The molecule has 1 aromatic rings. The molecular weight excluding hydrogens is 282 g/mol. The highest BCUT2D eigenvalue weighted by Gasteiger charge is 2.33. The number of aryl methyl sites for hydroxylation is 1. The first-order valence-corrected chi connectivity index (χ1v) is 8.50. The summed E-state index contributed by atoms with van der Waals surface area (Å²) >= 11 is 0. The van der Waals surface area contributed by atoms with Gasteiger partial charge in [0.2, 0.25) is 5.89 Å². The lowest BCUT2D eigenvalue weighted by Gasteiger charge is -2.32. The van der Waals surface area contributed by atoms with E-state index in [1.807, 2.05) is 4.90 Å². The predicted octanol–water partition coefficient (Wildman–Crippen LogP) is 2.30. The van der Waals surface area contributed by atoms with E-state index in [0.717, 1.165) is 57.3 Å². The smallest absolute Gasteiger partial charge is 0.251 e. The topological polar surface area (TPSA) is 68.5 Å². The summed E-state index contributed by atoms with van der Waals surface area (Å²) in [4.78, 5) is 18.9. The van der Waals surface area contributed by atoms with Crippen molar-refractivity contribution in [3.8, 4) is 0 Å². The van der Waals surface area contributed by atoms with Crippen LogP contribution in [0.2, 0.25) is 0 Å². The molecule has 0 radical (unpaired) electrons. The number of hydrogen-bond donors (Lipinski definition) is 0. The standard InChI is InChI=1S/C16H25N3O3/c1-2-3-8-14-17-15(22-18-14)12-6-4-9-19(11-12)16(20)13-7-5-10-21-13/h12-13H,2-11H2,1H3/t12-,13-/m1/s1. The monoisotopic (exact) mass is 307 g/mol. The van der Waals surface area contributed by atoms with Gasteiger partial charge in [-0.05, 0) is 32.1 Å². The van der Waals surface area contributed by atoms with Gasteiger partial charge in [0.1, 0.15) is 6.10 Å². The maximum atomic E-state index is 12.5. The number of piperidine rings is 1. The first kappa shape index (κ1) is 15.5. The molecule has 2 aliphatic heterocycles. The summed E-state index contributed by atoms with van der Waals surface area (Å²) in [5.74, 6) is 1.78. The molecule has 2 atom stereocenters. The van der Waals surface area contributed by atoms with Crippen LogP contribution in [-0.4, -0.2) is 46.7 Å². The molecule has 2 aliphatic rings. The molecule has 1 aromatic heterocycles. The Labute approximate surface area is 131 Å². The van der Waals surface area contributed by atoms with E-state index in [2.05, 4.69) is 17.1 Å². The molecule has 0 aromatic carbocycles. The second-order valence-corrected chi connectivity index (χ2v) is 6.28. The molecular formula is C16H25N3O3. The molecule has 0 N–H and O–H groups in total. The minimum absolute atomic E-state index is 0.132. The van der Waals surface area contributed by atoms with Crippen LogP contribution in [0.3, 0.4) is 0 Å². The number of ether oxygens (including phenoxy) is 1. The van der Waals surface area contributed by atoms with Crippen LogP contribution >= 0.6 is 0 Å². The van der Waals surface area contributed by atoms with Crippen LogP contribution in [0.4, 0.5) is 0 Å². The van der Waals surface area contributed by atoms with Crippen LogP contribution in [0.5, 0.6) is 0 Å². The highest BCUT2D eigenvalue weighted by molar-refractivity contribution is 5.81. The summed E-state index contributed by atoms with van der Waals surface area (Å²) in [5.41, 5.74) is 0. The number of nitrogens with zero attached hydrogens (tertiary/aromatic N) is 3. The molecule has 0 saturated carbocycles. The Hall–Kier alpha value is -1.43. The third kappa shape index (κ3) is 3.48. The van der Waals surface area contributed by atoms with E-state index in [-0.39, 0.29) is 17.9 Å². The summed E-state index contributed by atoms with van der Waals surface area (Å²) in [6.45, 7) is 4.34. The summed E-state index contributed by atoms with van der Waals surface area (Å²) in [6.07, 6.45) is 6.65. The van der Waals surface area contributed by atoms with Gasteiger partial charge in [-0.3, -0.25) is 4.79 Å². The molecule has 0 bridgehead atoms. The number of hydrogen-bond acceptors (Lipinski definition) is 5. The fourth-order valence-corrected chi connectivity index (χ4v) is 3.22. The lowest BCUT2D eigenvalue weighted by atomic mass is 9.97. The van der Waals surface area contributed by atoms with E-state index in [1.54, 1.807) is 0 Å². The third-order valence-corrected chi connectivity index (χ3v) is 4.53. The van der Waals surface area contributed by atoms with Crippen molar-refractivity contribution in [3.63, 3.8) is 0 Å². The molecule has 122 valence electrons. The van der Waals surface area contributed by atoms with E-state index in [4.69, 9.17) is 9.26 Å². The molecule has 3 heterocycles. The van der Waals surface area contributed by atoms with E-state index < -0.39 is 0 Å². The molecule has 3 rings (SSSR count). The quantitative estimate of drug-likeness (QED) is 0.835. The van der Waals surface area contributed by atoms with Gasteiger partial charge in [-0.15, -0.1) is 0 Å². The highest BCUT2D eigenvalue weighted by Crippen LogP contribution is 2.27. The number of carbonyl (C=O) groups excluding carboxylic acids is 1. The predicted molar refractivity (Wildman–Crippen MR) is 80.4 cm³/mol. The highest BCUT2D eigenvalue weighted by atomic mass is 16.5. The van der Waals surface area contributed by atoms with Gasteiger partial charge in [0.05, 0.1) is 5.92 Å². The normalized spacial score (nSPS) is 25.6. The van der Waals surface area contributed by atoms with Crippen LogP contribution in [0.1, 0.15) is 63.1 Å². The van der Waals surface area contributed by atoms with Gasteiger partial charge in [0, 0.05) is 26.1 Å². The fourth-order valence-electron chi connectivity index (χ4n) is 3.22. The fraction of sp³-hybridized carbons (Fsp3) is 0.812. The minimum atomic E-state index is -0.235. The molecule has 6 heteroatoms. The summed E-state index contributed by atoms with van der Waals surface area (Å²) in [5, 5.41) is 4.06. The molecule has 1 amide bonds. The van der Waals surface area contributed by atoms with Gasteiger partial charge in [-0.2, -0.15) is 4.98 Å². The SMILES string of the molecule is CCCCc1noc([C@@H]2CCCN(C(=O)[C@H]3CCCO3)C2)n1. The van der Waals surface area contributed by atoms with Crippen molar-refractivity contribution < 1.29 is 14.1 Å². The Morgan fingerprint density at radius 2 is 2.27 bits per heavy atom. The Kier molecular flexibility index (Phi) is 5.08. The Bertz CT molecular complexity index is 497. The minimum Gasteiger partial charge on any atom is -0.368 e. The lowest BCUT2D eigenvalue weighted by molar-refractivity contribution is -0.142. The van der Waals surface area contributed by atoms with E-state index in [9.17, 15) is 4.79 Å². The largest absolute Gasteiger partial charge is 0.368 e.